The van der Waals surface area contributed by atoms with Crippen LogP contribution < -0.4 is 10.6 Å². The van der Waals surface area contributed by atoms with E-state index in [1.54, 1.807) is 0 Å². The van der Waals surface area contributed by atoms with Gasteiger partial charge in [0.05, 0.1) is 6.67 Å². The predicted octanol–water partition coefficient (Wildman–Crippen LogP) is -0.272. The van der Waals surface area contributed by atoms with Crippen molar-refractivity contribution in [1.82, 2.24) is 10.6 Å². The molecular weight excluding hydrogens is 102 g/mol. The van der Waals surface area contributed by atoms with Gasteiger partial charge >= 0.3 is 0 Å². The first-order valence-corrected chi connectivity index (χ1v) is 2.05. The fraction of sp³-hybridized carbons (Fsp3) is 1.00. The van der Waals surface area contributed by atoms with Crippen LogP contribution >= 0.6 is 0 Å². The van der Waals surface area contributed by atoms with Gasteiger partial charge in [0.15, 0.2) is 12.6 Å². The van der Waals surface area contributed by atoms with Crippen molar-refractivity contribution in [2.75, 3.05) is 6.67 Å². The number of nitrogens with one attached hydrogen (secondary N) is 2. The second-order valence-electron chi connectivity index (χ2n) is 1.39. The van der Waals surface area contributed by atoms with Crippen molar-refractivity contribution in [1.29, 1.82) is 0 Å². The summed E-state index contributed by atoms with van der Waals surface area (Å²) in [6, 6.07) is 0. The number of hydrogen-bond acceptors (Lipinski definition) is 2. The molecule has 1 heterocycles. The maximum Gasteiger partial charge on any atom is 0.197 e. The van der Waals surface area contributed by atoms with E-state index >= 15 is 0 Å². The van der Waals surface area contributed by atoms with Crippen LogP contribution in [0.25, 0.3) is 0 Å². The maximum atomic E-state index is 11.8. The molecule has 7 heavy (non-hydrogen) atoms. The smallest absolute Gasteiger partial charge is 0.197 e. The van der Waals surface area contributed by atoms with Gasteiger partial charge in [-0.15, -0.1) is 0 Å². The second kappa shape index (κ2) is 1.71. The Hall–Kier alpha value is -0.220. The summed E-state index contributed by atoms with van der Waals surface area (Å²) in [6.45, 7) is 0.225. The normalized spacial score (nSPS) is 42.0. The van der Waals surface area contributed by atoms with Gasteiger partial charge in [0, 0.05) is 0 Å². The molecule has 42 valence electrons. The predicted molar refractivity (Wildman–Crippen MR) is 20.9 cm³/mol. The van der Waals surface area contributed by atoms with Gasteiger partial charge < -0.3 is 0 Å². The molecule has 0 spiro atoms. The van der Waals surface area contributed by atoms with Gasteiger partial charge in [-0.2, -0.15) is 0 Å². The molecule has 0 saturated carbocycles. The lowest BCUT2D eigenvalue weighted by atomic mass is 10.6. The van der Waals surface area contributed by atoms with E-state index < -0.39 is 12.6 Å². The summed E-state index contributed by atoms with van der Waals surface area (Å²) in [5.74, 6) is 0. The molecule has 2 N–H and O–H groups in total. The summed E-state index contributed by atoms with van der Waals surface area (Å²) in [5, 5.41) is 4.43. The zero-order valence-electron chi connectivity index (χ0n) is 3.62. The molecule has 0 aromatic heterocycles. The van der Waals surface area contributed by atoms with Crippen LogP contribution in [0.4, 0.5) is 8.78 Å². The summed E-state index contributed by atoms with van der Waals surface area (Å²) in [5.41, 5.74) is 0. The van der Waals surface area contributed by atoms with Gasteiger partial charge in [0.25, 0.3) is 0 Å². The first kappa shape index (κ1) is 4.93. The zero-order valence-corrected chi connectivity index (χ0v) is 3.62. The van der Waals surface area contributed by atoms with Gasteiger partial charge in [-0.05, 0) is 0 Å². The van der Waals surface area contributed by atoms with Crippen LogP contribution in [0.3, 0.4) is 0 Å². The van der Waals surface area contributed by atoms with Crippen LogP contribution in [0.15, 0.2) is 0 Å². The quantitative estimate of drug-likeness (QED) is 0.417. The van der Waals surface area contributed by atoms with Crippen LogP contribution in [0, 0.1) is 0 Å². The molecule has 0 aromatic carbocycles. The lowest BCUT2D eigenvalue weighted by Crippen LogP contribution is -2.24. The minimum atomic E-state index is -1.51. The van der Waals surface area contributed by atoms with Gasteiger partial charge in [0.2, 0.25) is 0 Å². The molecule has 1 fully saturated rings. The van der Waals surface area contributed by atoms with Crippen molar-refractivity contribution in [2.45, 2.75) is 12.6 Å². The highest BCUT2D eigenvalue weighted by molar-refractivity contribution is 4.69. The van der Waals surface area contributed by atoms with Crippen LogP contribution in [-0.2, 0) is 0 Å². The Morgan fingerprint density at radius 2 is 1.57 bits per heavy atom. The van der Waals surface area contributed by atoms with Crippen molar-refractivity contribution < 1.29 is 8.78 Å². The van der Waals surface area contributed by atoms with E-state index in [1.807, 2.05) is 0 Å². The van der Waals surface area contributed by atoms with E-state index in [9.17, 15) is 8.78 Å². The molecule has 0 radical (unpaired) electrons. The van der Waals surface area contributed by atoms with E-state index in [4.69, 9.17) is 0 Å². The molecular formula is C3H6F2N2. The molecule has 2 atom stereocenters. The van der Waals surface area contributed by atoms with Crippen molar-refractivity contribution in [2.24, 2.45) is 0 Å². The zero-order chi connectivity index (χ0) is 5.28. The molecule has 1 saturated heterocycles. The Balaban J connectivity index is 2.33. The van der Waals surface area contributed by atoms with Crippen molar-refractivity contribution in [3.05, 3.63) is 0 Å². The summed E-state index contributed by atoms with van der Waals surface area (Å²) in [7, 11) is 0. The maximum absolute atomic E-state index is 11.8. The van der Waals surface area contributed by atoms with E-state index in [1.165, 1.54) is 0 Å². The molecule has 1 rings (SSSR count). The molecule has 0 amide bonds. The van der Waals surface area contributed by atoms with Crippen molar-refractivity contribution in [3.63, 3.8) is 0 Å². The highest BCUT2D eigenvalue weighted by atomic mass is 19.2. The molecule has 0 aliphatic carbocycles. The van der Waals surface area contributed by atoms with Crippen LogP contribution in [0.2, 0.25) is 0 Å². The summed E-state index contributed by atoms with van der Waals surface area (Å²) >= 11 is 0. The minimum Gasteiger partial charge on any atom is -0.271 e. The molecule has 1 aliphatic heterocycles. The van der Waals surface area contributed by atoms with Gasteiger partial charge in [-0.3, -0.25) is 10.6 Å². The van der Waals surface area contributed by atoms with Gasteiger partial charge in [0.1, 0.15) is 0 Å². The summed E-state index contributed by atoms with van der Waals surface area (Å²) in [6.07, 6.45) is -3.03. The third kappa shape index (κ3) is 0.863. The SMILES string of the molecule is FC1NCNC1F. The highest BCUT2D eigenvalue weighted by Gasteiger charge is 2.24. The fourth-order valence-corrected chi connectivity index (χ4v) is 0.461. The van der Waals surface area contributed by atoms with Gasteiger partial charge in [-0.1, -0.05) is 0 Å². The van der Waals surface area contributed by atoms with Crippen LogP contribution in [-0.4, -0.2) is 19.3 Å². The Kier molecular flexibility index (Phi) is 1.21. The number of halogens is 2. The molecule has 0 bridgehead atoms. The van der Waals surface area contributed by atoms with Gasteiger partial charge in [-0.25, -0.2) is 8.78 Å². The standard InChI is InChI=1S/C3H6F2N2/c4-2-3(5)7-1-6-2/h2-3,6-7H,1H2. The number of hydrogen-bond donors (Lipinski definition) is 2. The Morgan fingerprint density at radius 3 is 1.71 bits per heavy atom. The average Bonchev–Trinajstić information content (AvgIpc) is 1.91. The Labute approximate surface area is 39.9 Å². The number of rotatable bonds is 0. The molecule has 0 aromatic rings. The first-order valence-electron chi connectivity index (χ1n) is 2.05. The number of alkyl halides is 2. The summed E-state index contributed by atoms with van der Waals surface area (Å²) < 4.78 is 23.5. The van der Waals surface area contributed by atoms with E-state index in [-0.39, 0.29) is 6.67 Å². The Bertz CT molecular complexity index is 60.0. The third-order valence-corrected chi connectivity index (χ3v) is 0.851. The van der Waals surface area contributed by atoms with Crippen molar-refractivity contribution >= 4 is 0 Å². The highest BCUT2D eigenvalue weighted by Crippen LogP contribution is 1.99. The van der Waals surface area contributed by atoms with E-state index in [0.717, 1.165) is 0 Å². The average molecular weight is 108 g/mol. The largest absolute Gasteiger partial charge is 0.271 e. The second-order valence-corrected chi connectivity index (χ2v) is 1.39. The van der Waals surface area contributed by atoms with E-state index in [2.05, 4.69) is 10.6 Å². The monoisotopic (exact) mass is 108 g/mol. The molecule has 1 aliphatic rings. The minimum absolute atomic E-state index is 0.225. The van der Waals surface area contributed by atoms with Crippen LogP contribution in [0.5, 0.6) is 0 Å². The lowest BCUT2D eigenvalue weighted by Gasteiger charge is -1.97. The first-order chi connectivity index (χ1) is 3.30. The lowest BCUT2D eigenvalue weighted by molar-refractivity contribution is 0.169. The molecule has 2 unspecified atom stereocenters. The molecule has 4 heteroatoms. The van der Waals surface area contributed by atoms with Crippen LogP contribution in [0.1, 0.15) is 0 Å². The molecule has 2 nitrogen and oxygen atoms in total. The van der Waals surface area contributed by atoms with E-state index in [0.29, 0.717) is 0 Å². The Morgan fingerprint density at radius 1 is 1.14 bits per heavy atom. The summed E-state index contributed by atoms with van der Waals surface area (Å²) in [4.78, 5) is 0. The fourth-order valence-electron chi connectivity index (χ4n) is 0.461. The third-order valence-electron chi connectivity index (χ3n) is 0.851. The topological polar surface area (TPSA) is 24.1 Å². The van der Waals surface area contributed by atoms with Crippen molar-refractivity contribution in [3.8, 4) is 0 Å².